The fourth-order valence-electron chi connectivity index (χ4n) is 1.41. The highest BCUT2D eigenvalue weighted by atomic mass is 16.5. The molecule has 0 bridgehead atoms. The fraction of sp³-hybridized carbons (Fsp3) is 0.875. The molecule has 1 N–H and O–H groups in total. The summed E-state index contributed by atoms with van der Waals surface area (Å²) in [7, 11) is 3.47. The molecule has 1 atom stereocenters. The molecule has 1 heterocycles. The summed E-state index contributed by atoms with van der Waals surface area (Å²) in [6.45, 7) is 2.01. The van der Waals surface area contributed by atoms with E-state index in [2.05, 4.69) is 5.32 Å². The van der Waals surface area contributed by atoms with Crippen molar-refractivity contribution in [1.29, 1.82) is 0 Å². The van der Waals surface area contributed by atoms with Crippen LogP contribution in [0.2, 0.25) is 0 Å². The maximum Gasteiger partial charge on any atom is 0.236 e. The van der Waals surface area contributed by atoms with E-state index in [0.29, 0.717) is 6.54 Å². The van der Waals surface area contributed by atoms with Crippen LogP contribution in [0.25, 0.3) is 0 Å². The minimum absolute atomic E-state index is 0.164. The largest absolute Gasteiger partial charge is 0.380 e. The molecule has 0 radical (unpaired) electrons. The maximum atomic E-state index is 11.3. The number of carbonyl (C=O) groups excluding carboxylic acids is 1. The van der Waals surface area contributed by atoms with Crippen LogP contribution in [-0.4, -0.2) is 50.7 Å². The Balaban J connectivity index is 2.31. The molecule has 12 heavy (non-hydrogen) atoms. The van der Waals surface area contributed by atoms with Gasteiger partial charge in [-0.05, 0) is 13.5 Å². The van der Waals surface area contributed by atoms with Crippen molar-refractivity contribution in [3.8, 4) is 0 Å². The topological polar surface area (TPSA) is 41.6 Å². The molecule has 1 aliphatic heterocycles. The number of amides is 1. The molecule has 1 saturated heterocycles. The first kappa shape index (κ1) is 9.48. The Morgan fingerprint density at radius 2 is 2.50 bits per heavy atom. The van der Waals surface area contributed by atoms with Crippen molar-refractivity contribution in [1.82, 2.24) is 10.2 Å². The second-order valence-corrected chi connectivity index (χ2v) is 3.02. The molecule has 0 aliphatic carbocycles. The number of nitrogens with one attached hydrogen (secondary N) is 1. The van der Waals surface area contributed by atoms with Gasteiger partial charge < -0.3 is 15.0 Å². The van der Waals surface area contributed by atoms with Crippen molar-refractivity contribution in [3.05, 3.63) is 0 Å². The van der Waals surface area contributed by atoms with E-state index in [1.54, 1.807) is 14.2 Å². The van der Waals surface area contributed by atoms with Gasteiger partial charge in [0.1, 0.15) is 0 Å². The van der Waals surface area contributed by atoms with E-state index in [4.69, 9.17) is 4.74 Å². The number of ether oxygens (including phenoxy) is 1. The minimum atomic E-state index is 0.164. The first-order chi connectivity index (χ1) is 5.77. The summed E-state index contributed by atoms with van der Waals surface area (Å²) in [4.78, 5) is 13.2. The summed E-state index contributed by atoms with van der Waals surface area (Å²) in [5.41, 5.74) is 0. The third kappa shape index (κ3) is 2.19. The lowest BCUT2D eigenvalue weighted by molar-refractivity contribution is -0.129. The number of hydrogen-bond acceptors (Lipinski definition) is 3. The van der Waals surface area contributed by atoms with Crippen LogP contribution in [0.1, 0.15) is 6.42 Å². The van der Waals surface area contributed by atoms with Gasteiger partial charge in [-0.25, -0.2) is 0 Å². The number of rotatable bonds is 3. The molecule has 4 nitrogen and oxygen atoms in total. The summed E-state index contributed by atoms with van der Waals surface area (Å²) in [5, 5.41) is 2.85. The second-order valence-electron chi connectivity index (χ2n) is 3.02. The molecule has 1 fully saturated rings. The van der Waals surface area contributed by atoms with Crippen molar-refractivity contribution >= 4 is 5.91 Å². The van der Waals surface area contributed by atoms with Gasteiger partial charge in [-0.1, -0.05) is 0 Å². The zero-order valence-electron chi connectivity index (χ0n) is 7.67. The number of methoxy groups -OCH3 is 1. The highest BCUT2D eigenvalue weighted by Crippen LogP contribution is 2.11. The summed E-state index contributed by atoms with van der Waals surface area (Å²) >= 11 is 0. The lowest BCUT2D eigenvalue weighted by atomic mass is 10.3. The van der Waals surface area contributed by atoms with Crippen molar-refractivity contribution in [3.63, 3.8) is 0 Å². The second kappa shape index (κ2) is 4.42. The van der Waals surface area contributed by atoms with Gasteiger partial charge in [0.25, 0.3) is 0 Å². The van der Waals surface area contributed by atoms with E-state index in [0.717, 1.165) is 19.5 Å². The van der Waals surface area contributed by atoms with Gasteiger partial charge in [0.15, 0.2) is 0 Å². The Kier molecular flexibility index (Phi) is 3.49. The zero-order chi connectivity index (χ0) is 8.97. The summed E-state index contributed by atoms with van der Waals surface area (Å²) in [6, 6.07) is 0. The van der Waals surface area contributed by atoms with Gasteiger partial charge >= 0.3 is 0 Å². The quantitative estimate of drug-likeness (QED) is 0.621. The third-order valence-corrected chi connectivity index (χ3v) is 2.16. The zero-order valence-corrected chi connectivity index (χ0v) is 7.67. The van der Waals surface area contributed by atoms with Gasteiger partial charge in [0, 0.05) is 20.2 Å². The molecular weight excluding hydrogens is 156 g/mol. The van der Waals surface area contributed by atoms with Crippen LogP contribution < -0.4 is 5.32 Å². The lowest BCUT2D eigenvalue weighted by Gasteiger charge is -2.15. The van der Waals surface area contributed by atoms with Crippen molar-refractivity contribution < 1.29 is 9.53 Å². The molecule has 0 aromatic carbocycles. The number of carbonyl (C=O) groups is 1. The van der Waals surface area contributed by atoms with Crippen LogP contribution in [0, 0.1) is 0 Å². The molecular formula is C8H16N2O2. The first-order valence-corrected chi connectivity index (χ1v) is 4.23. The predicted molar refractivity (Wildman–Crippen MR) is 45.9 cm³/mol. The van der Waals surface area contributed by atoms with Gasteiger partial charge in [-0.2, -0.15) is 0 Å². The number of hydrogen-bond donors (Lipinski definition) is 1. The Hall–Kier alpha value is -0.610. The van der Waals surface area contributed by atoms with E-state index in [1.807, 2.05) is 4.90 Å². The molecule has 1 aliphatic rings. The third-order valence-electron chi connectivity index (χ3n) is 2.16. The van der Waals surface area contributed by atoms with Gasteiger partial charge in [-0.3, -0.25) is 4.79 Å². The first-order valence-electron chi connectivity index (χ1n) is 4.23. The normalized spacial score (nSPS) is 23.2. The average Bonchev–Trinajstić information content (AvgIpc) is 2.52. The van der Waals surface area contributed by atoms with E-state index in [9.17, 15) is 4.79 Å². The standard InChI is InChI=1S/C8H16N2O2/c1-9-5-8(11)10-4-3-7(6-10)12-2/h7,9H,3-6H2,1-2H3. The fourth-order valence-corrected chi connectivity index (χ4v) is 1.41. The maximum absolute atomic E-state index is 11.3. The lowest BCUT2D eigenvalue weighted by Crippen LogP contribution is -2.36. The molecule has 0 saturated carbocycles. The van der Waals surface area contributed by atoms with Crippen LogP contribution in [0.15, 0.2) is 0 Å². The summed E-state index contributed by atoms with van der Waals surface area (Å²) < 4.78 is 5.16. The van der Waals surface area contributed by atoms with Crippen LogP contribution in [0.5, 0.6) is 0 Å². The molecule has 0 aromatic rings. The van der Waals surface area contributed by atoms with E-state index < -0.39 is 0 Å². The molecule has 1 unspecified atom stereocenters. The Bertz CT molecular complexity index is 161. The number of nitrogens with zero attached hydrogens (tertiary/aromatic N) is 1. The highest BCUT2D eigenvalue weighted by molar-refractivity contribution is 5.78. The Labute approximate surface area is 72.9 Å². The minimum Gasteiger partial charge on any atom is -0.380 e. The molecule has 4 heteroatoms. The molecule has 70 valence electrons. The summed E-state index contributed by atoms with van der Waals surface area (Å²) in [5.74, 6) is 0.164. The van der Waals surface area contributed by atoms with Crippen molar-refractivity contribution in [2.24, 2.45) is 0 Å². The number of likely N-dealkylation sites (tertiary alicyclic amines) is 1. The van der Waals surface area contributed by atoms with E-state index in [-0.39, 0.29) is 12.0 Å². The summed E-state index contributed by atoms with van der Waals surface area (Å²) in [6.07, 6.45) is 1.21. The van der Waals surface area contributed by atoms with Crippen LogP contribution in [0.3, 0.4) is 0 Å². The van der Waals surface area contributed by atoms with Gasteiger partial charge in [0.2, 0.25) is 5.91 Å². The Morgan fingerprint density at radius 1 is 1.75 bits per heavy atom. The van der Waals surface area contributed by atoms with Crippen LogP contribution >= 0.6 is 0 Å². The van der Waals surface area contributed by atoms with E-state index >= 15 is 0 Å². The van der Waals surface area contributed by atoms with Crippen molar-refractivity contribution in [2.75, 3.05) is 33.8 Å². The molecule has 1 amide bonds. The smallest absolute Gasteiger partial charge is 0.236 e. The number of likely N-dealkylation sites (N-methyl/N-ethyl adjacent to an activating group) is 1. The average molecular weight is 172 g/mol. The SMILES string of the molecule is CNCC(=O)N1CCC(OC)C1. The monoisotopic (exact) mass is 172 g/mol. The Morgan fingerprint density at radius 3 is 3.00 bits per heavy atom. The van der Waals surface area contributed by atoms with Crippen LogP contribution in [0.4, 0.5) is 0 Å². The van der Waals surface area contributed by atoms with E-state index in [1.165, 1.54) is 0 Å². The van der Waals surface area contributed by atoms with Gasteiger partial charge in [-0.15, -0.1) is 0 Å². The molecule has 1 rings (SSSR count). The molecule has 0 aromatic heterocycles. The highest BCUT2D eigenvalue weighted by Gasteiger charge is 2.24. The molecule has 0 spiro atoms. The van der Waals surface area contributed by atoms with Crippen LogP contribution in [-0.2, 0) is 9.53 Å². The van der Waals surface area contributed by atoms with Crippen molar-refractivity contribution in [2.45, 2.75) is 12.5 Å². The predicted octanol–water partition coefficient (Wildman–Crippen LogP) is -0.547. The van der Waals surface area contributed by atoms with Gasteiger partial charge in [0.05, 0.1) is 12.6 Å².